The van der Waals surface area contributed by atoms with Crippen LogP contribution in [0.4, 0.5) is 0 Å². The predicted molar refractivity (Wildman–Crippen MR) is 49.6 cm³/mol. The third kappa shape index (κ3) is 5.39. The fourth-order valence-corrected chi connectivity index (χ4v) is 0.626. The second-order valence-electron chi connectivity index (χ2n) is 2.75. The van der Waals surface area contributed by atoms with Crippen molar-refractivity contribution in [2.24, 2.45) is 0 Å². The van der Waals surface area contributed by atoms with Crippen LogP contribution in [0, 0.1) is 0 Å². The van der Waals surface area contributed by atoms with Gasteiger partial charge in [0.05, 0.1) is 0 Å². The molecule has 1 rings (SSSR count). The molecular weight excluding hydrogens is 238 g/mol. The van der Waals surface area contributed by atoms with Crippen LogP contribution in [0.1, 0.15) is 0 Å². The minimum atomic E-state index is -2.27. The molecule has 0 bridgehead atoms. The van der Waals surface area contributed by atoms with Crippen LogP contribution in [0.3, 0.4) is 0 Å². The lowest BCUT2D eigenvalue weighted by molar-refractivity contribution is -0.165. The van der Waals surface area contributed by atoms with Crippen LogP contribution >= 0.6 is 0 Å². The highest BCUT2D eigenvalue weighted by atomic mass is 16.4. The average molecular weight is 247 g/mol. The molecule has 9 nitrogen and oxygen atoms in total. The van der Waals surface area contributed by atoms with Gasteiger partial charge in [-0.15, -0.1) is 0 Å². The molecule has 0 radical (unpaired) electrons. The average Bonchev–Trinajstić information content (AvgIpc) is 2.60. The highest BCUT2D eigenvalue weighted by molar-refractivity contribution is 6.12. The molecule has 0 saturated heterocycles. The summed E-state index contributed by atoms with van der Waals surface area (Å²) in [6.07, 6.45) is -2.14. The fourth-order valence-electron chi connectivity index (χ4n) is 0.626. The van der Waals surface area contributed by atoms with Crippen LogP contribution < -0.4 is 5.32 Å². The van der Waals surface area contributed by atoms with Crippen molar-refractivity contribution < 1.29 is 39.6 Å². The normalized spacial score (nSPS) is 16.6. The van der Waals surface area contributed by atoms with Crippen molar-refractivity contribution in [1.82, 2.24) is 5.32 Å². The molecule has 9 heteroatoms. The third-order valence-corrected chi connectivity index (χ3v) is 1.44. The molecule has 5 N–H and O–H groups in total. The van der Waals surface area contributed by atoms with Crippen LogP contribution in [0.2, 0.25) is 0 Å². The number of carbonyl (C=O) groups is 4. The van der Waals surface area contributed by atoms with Crippen LogP contribution in [0.5, 0.6) is 0 Å². The van der Waals surface area contributed by atoms with Gasteiger partial charge in [0, 0.05) is 12.2 Å². The maximum Gasteiger partial charge on any atom is 0.335 e. The number of rotatable bonds is 3. The first-order chi connectivity index (χ1) is 7.75. The molecule has 2 unspecified atom stereocenters. The molecule has 0 saturated carbocycles. The summed E-state index contributed by atoms with van der Waals surface area (Å²) in [5, 5.41) is 34.6. The van der Waals surface area contributed by atoms with Crippen LogP contribution in [-0.2, 0) is 19.2 Å². The largest absolute Gasteiger partial charge is 0.479 e. The molecule has 2 amide bonds. The number of amides is 2. The molecule has 0 aliphatic carbocycles. The summed E-state index contributed by atoms with van der Waals surface area (Å²) in [6.45, 7) is 0. The Bertz CT molecular complexity index is 340. The van der Waals surface area contributed by atoms with Crippen LogP contribution in [-0.4, -0.2) is 56.4 Å². The van der Waals surface area contributed by atoms with E-state index >= 15 is 0 Å². The molecule has 94 valence electrons. The molecule has 0 aromatic heterocycles. The Morgan fingerprint density at radius 2 is 1.24 bits per heavy atom. The summed E-state index contributed by atoms with van der Waals surface area (Å²) < 4.78 is 0. The number of hydrogen-bond donors (Lipinski definition) is 5. The van der Waals surface area contributed by atoms with Gasteiger partial charge in [0.2, 0.25) is 0 Å². The lowest BCUT2D eigenvalue weighted by Crippen LogP contribution is -2.39. The van der Waals surface area contributed by atoms with Crippen molar-refractivity contribution in [1.29, 1.82) is 0 Å². The Labute approximate surface area is 94.0 Å². The molecule has 0 spiro atoms. The van der Waals surface area contributed by atoms with Crippen LogP contribution in [0.15, 0.2) is 12.2 Å². The number of aliphatic hydroxyl groups excluding tert-OH is 2. The Kier molecular flexibility index (Phi) is 5.51. The Balaban J connectivity index is 0.000000318. The smallest absolute Gasteiger partial charge is 0.335 e. The van der Waals surface area contributed by atoms with E-state index in [1.165, 1.54) is 12.2 Å². The number of aliphatic hydroxyl groups is 2. The maximum atomic E-state index is 10.0. The van der Waals surface area contributed by atoms with Gasteiger partial charge in [-0.25, -0.2) is 9.59 Å². The van der Waals surface area contributed by atoms with E-state index in [2.05, 4.69) is 0 Å². The molecule has 1 aliphatic heterocycles. The standard InChI is InChI=1S/C4H3NO2.C4H6O6/c6-3-1-2-4(7)5-3;5-1(3(7)8)2(6)4(9)10/h1-2H,(H,5,6,7);1-2,5-6H,(H,7,8)(H,9,10). The van der Waals surface area contributed by atoms with Gasteiger partial charge in [0.25, 0.3) is 11.8 Å². The van der Waals surface area contributed by atoms with Gasteiger partial charge in [0.15, 0.2) is 12.2 Å². The first kappa shape index (κ1) is 14.7. The van der Waals surface area contributed by atoms with Crippen molar-refractivity contribution in [2.45, 2.75) is 12.2 Å². The Morgan fingerprint density at radius 3 is 1.35 bits per heavy atom. The highest BCUT2D eigenvalue weighted by Crippen LogP contribution is 1.92. The van der Waals surface area contributed by atoms with Crippen molar-refractivity contribution in [3.63, 3.8) is 0 Å². The summed E-state index contributed by atoms with van der Waals surface area (Å²) in [5.74, 6) is -4.19. The second kappa shape index (κ2) is 6.35. The molecule has 1 heterocycles. The lowest BCUT2D eigenvalue weighted by Gasteiger charge is -2.07. The van der Waals surface area contributed by atoms with Crippen molar-refractivity contribution in [3.05, 3.63) is 12.2 Å². The first-order valence-electron chi connectivity index (χ1n) is 4.10. The van der Waals surface area contributed by atoms with Crippen molar-refractivity contribution in [2.75, 3.05) is 0 Å². The summed E-state index contributed by atoms with van der Waals surface area (Å²) >= 11 is 0. The lowest BCUT2D eigenvalue weighted by atomic mass is 10.2. The van der Waals surface area contributed by atoms with Crippen LogP contribution in [0.25, 0.3) is 0 Å². The number of imide groups is 1. The number of nitrogens with one attached hydrogen (secondary N) is 1. The maximum absolute atomic E-state index is 10.0. The van der Waals surface area contributed by atoms with Gasteiger partial charge in [-0.05, 0) is 0 Å². The quantitative estimate of drug-likeness (QED) is 0.331. The van der Waals surface area contributed by atoms with E-state index in [4.69, 9.17) is 20.4 Å². The molecule has 17 heavy (non-hydrogen) atoms. The predicted octanol–water partition coefficient (Wildman–Crippen LogP) is -2.92. The Morgan fingerprint density at radius 1 is 0.941 bits per heavy atom. The number of carboxylic acids is 2. The van der Waals surface area contributed by atoms with Gasteiger partial charge in [-0.3, -0.25) is 14.9 Å². The van der Waals surface area contributed by atoms with Gasteiger partial charge in [-0.1, -0.05) is 0 Å². The third-order valence-electron chi connectivity index (χ3n) is 1.44. The van der Waals surface area contributed by atoms with E-state index < -0.39 is 24.1 Å². The van der Waals surface area contributed by atoms with E-state index in [1.54, 1.807) is 0 Å². The summed E-state index contributed by atoms with van der Waals surface area (Å²) in [7, 11) is 0. The number of hydrogen-bond acceptors (Lipinski definition) is 6. The van der Waals surface area contributed by atoms with E-state index in [0.717, 1.165) is 0 Å². The van der Waals surface area contributed by atoms with E-state index in [0.29, 0.717) is 0 Å². The topological polar surface area (TPSA) is 161 Å². The fraction of sp³-hybridized carbons (Fsp3) is 0.250. The van der Waals surface area contributed by atoms with Gasteiger partial charge in [-0.2, -0.15) is 0 Å². The molecular formula is C8H9NO8. The zero-order valence-corrected chi connectivity index (χ0v) is 8.23. The monoisotopic (exact) mass is 247 g/mol. The van der Waals surface area contributed by atoms with Gasteiger partial charge in [0.1, 0.15) is 0 Å². The molecule has 2 atom stereocenters. The van der Waals surface area contributed by atoms with E-state index in [-0.39, 0.29) is 11.8 Å². The summed E-state index contributed by atoms with van der Waals surface area (Å²) in [5.41, 5.74) is 0. The summed E-state index contributed by atoms with van der Waals surface area (Å²) in [4.78, 5) is 39.6. The first-order valence-corrected chi connectivity index (χ1v) is 4.10. The highest BCUT2D eigenvalue weighted by Gasteiger charge is 2.29. The molecule has 1 aliphatic rings. The van der Waals surface area contributed by atoms with Gasteiger partial charge < -0.3 is 20.4 Å². The van der Waals surface area contributed by atoms with Crippen molar-refractivity contribution in [3.8, 4) is 0 Å². The van der Waals surface area contributed by atoms with Gasteiger partial charge >= 0.3 is 11.9 Å². The Hall–Kier alpha value is -2.26. The number of aliphatic carboxylic acids is 2. The van der Waals surface area contributed by atoms with Crippen molar-refractivity contribution >= 4 is 23.8 Å². The minimum absolute atomic E-state index is 0.329. The number of carboxylic acid groups (broad SMARTS) is 2. The zero-order chi connectivity index (χ0) is 13.6. The SMILES string of the molecule is O=C(O)C(O)C(O)C(=O)O.O=C1C=CC(=O)N1. The minimum Gasteiger partial charge on any atom is -0.479 e. The van der Waals surface area contributed by atoms with E-state index in [9.17, 15) is 19.2 Å². The number of carbonyl (C=O) groups excluding carboxylic acids is 2. The van der Waals surface area contributed by atoms with E-state index in [1.807, 2.05) is 5.32 Å². The summed E-state index contributed by atoms with van der Waals surface area (Å²) in [6, 6.07) is 0. The zero-order valence-electron chi connectivity index (χ0n) is 8.23. The molecule has 0 fully saturated rings. The molecule has 0 aromatic carbocycles. The molecule has 0 aromatic rings. The second-order valence-corrected chi connectivity index (χ2v) is 2.75.